The largest absolute Gasteiger partial charge is 0.481 e. The maximum absolute atomic E-state index is 12.1. The van der Waals surface area contributed by atoms with E-state index in [1.54, 1.807) is 6.92 Å². The smallest absolute Gasteiger partial charge is 0.308 e. The molecule has 0 heterocycles. The van der Waals surface area contributed by atoms with Crippen LogP contribution in [0.1, 0.15) is 44.2 Å². The van der Waals surface area contributed by atoms with E-state index < -0.39 is 17.9 Å². The van der Waals surface area contributed by atoms with Gasteiger partial charge in [0.25, 0.3) is 0 Å². The Kier molecular flexibility index (Phi) is 5.95. The van der Waals surface area contributed by atoms with E-state index in [-0.39, 0.29) is 18.6 Å². The van der Waals surface area contributed by atoms with Crippen LogP contribution in [-0.2, 0) is 14.3 Å². The molecular weight excluding hydrogens is 282 g/mol. The third-order valence-electron chi connectivity index (χ3n) is 4.12. The Balaban J connectivity index is 1.96. The van der Waals surface area contributed by atoms with Crippen molar-refractivity contribution in [3.8, 4) is 0 Å². The molecular formula is C17H23NO4. The van der Waals surface area contributed by atoms with Crippen molar-refractivity contribution in [3.63, 3.8) is 0 Å². The van der Waals surface area contributed by atoms with Gasteiger partial charge in [0.15, 0.2) is 0 Å². The predicted molar refractivity (Wildman–Crippen MR) is 82.3 cm³/mol. The third-order valence-corrected chi connectivity index (χ3v) is 4.12. The summed E-state index contributed by atoms with van der Waals surface area (Å²) in [5.41, 5.74) is 0.784. The van der Waals surface area contributed by atoms with Crippen LogP contribution in [-0.4, -0.2) is 29.7 Å². The second kappa shape index (κ2) is 7.94. The van der Waals surface area contributed by atoms with Gasteiger partial charge in [-0.15, -0.1) is 0 Å². The molecule has 1 aromatic carbocycles. The van der Waals surface area contributed by atoms with Gasteiger partial charge in [0.1, 0.15) is 6.61 Å². The van der Waals surface area contributed by atoms with E-state index in [9.17, 15) is 14.7 Å². The highest BCUT2D eigenvalue weighted by atomic mass is 16.5. The van der Waals surface area contributed by atoms with Gasteiger partial charge >= 0.3 is 5.97 Å². The van der Waals surface area contributed by atoms with Crippen LogP contribution in [0.15, 0.2) is 30.3 Å². The van der Waals surface area contributed by atoms with Gasteiger partial charge in [-0.05, 0) is 25.3 Å². The normalized spacial score (nSPS) is 17.9. The molecule has 0 aliphatic heterocycles. The molecule has 5 heteroatoms. The zero-order chi connectivity index (χ0) is 15.9. The van der Waals surface area contributed by atoms with E-state index in [0.717, 1.165) is 31.2 Å². The summed E-state index contributed by atoms with van der Waals surface area (Å²) in [7, 11) is 0. The zero-order valence-electron chi connectivity index (χ0n) is 12.8. The maximum atomic E-state index is 12.1. The van der Waals surface area contributed by atoms with Crippen LogP contribution in [0.2, 0.25) is 0 Å². The van der Waals surface area contributed by atoms with Crippen LogP contribution in [0.5, 0.6) is 0 Å². The van der Waals surface area contributed by atoms with E-state index in [1.807, 2.05) is 30.3 Å². The highest BCUT2D eigenvalue weighted by Gasteiger charge is 2.27. The molecule has 120 valence electrons. The summed E-state index contributed by atoms with van der Waals surface area (Å²) >= 11 is 0. The van der Waals surface area contributed by atoms with Gasteiger partial charge in [0.05, 0.1) is 18.1 Å². The number of nitrogens with one attached hydrogen (secondary N) is 1. The molecule has 2 atom stereocenters. The van der Waals surface area contributed by atoms with Crippen molar-refractivity contribution in [1.29, 1.82) is 0 Å². The average Bonchev–Trinajstić information content (AvgIpc) is 3.04. The van der Waals surface area contributed by atoms with Crippen LogP contribution in [0.25, 0.3) is 0 Å². The monoisotopic (exact) mass is 305 g/mol. The molecule has 1 aliphatic carbocycles. The molecule has 1 aliphatic rings. The summed E-state index contributed by atoms with van der Waals surface area (Å²) in [6.07, 6.45) is 4.46. The number of carboxylic acid groups (broad SMARTS) is 1. The van der Waals surface area contributed by atoms with Crippen molar-refractivity contribution in [2.75, 3.05) is 6.61 Å². The zero-order valence-corrected chi connectivity index (χ0v) is 12.8. The number of benzene rings is 1. The van der Waals surface area contributed by atoms with Gasteiger partial charge in [-0.3, -0.25) is 9.59 Å². The van der Waals surface area contributed by atoms with Gasteiger partial charge in [0.2, 0.25) is 5.91 Å². The summed E-state index contributed by atoms with van der Waals surface area (Å²) in [5, 5.41) is 12.0. The quantitative estimate of drug-likeness (QED) is 0.811. The van der Waals surface area contributed by atoms with Crippen LogP contribution >= 0.6 is 0 Å². The minimum atomic E-state index is -0.939. The van der Waals surface area contributed by atoms with Crippen LogP contribution in [0.4, 0.5) is 0 Å². The Morgan fingerprint density at radius 3 is 2.50 bits per heavy atom. The topological polar surface area (TPSA) is 75.6 Å². The Hall–Kier alpha value is -1.88. The molecule has 2 N–H and O–H groups in total. The van der Waals surface area contributed by atoms with E-state index in [2.05, 4.69) is 5.32 Å². The second-order valence-electron chi connectivity index (χ2n) is 5.80. The van der Waals surface area contributed by atoms with Crippen LogP contribution in [0.3, 0.4) is 0 Å². The molecule has 1 aromatic rings. The van der Waals surface area contributed by atoms with Gasteiger partial charge < -0.3 is 15.2 Å². The number of amides is 1. The summed E-state index contributed by atoms with van der Waals surface area (Å²) < 4.78 is 5.58. The van der Waals surface area contributed by atoms with Crippen molar-refractivity contribution in [3.05, 3.63) is 35.9 Å². The van der Waals surface area contributed by atoms with Crippen molar-refractivity contribution < 1.29 is 19.4 Å². The first-order valence-corrected chi connectivity index (χ1v) is 7.76. The lowest BCUT2D eigenvalue weighted by atomic mass is 9.94. The minimum absolute atomic E-state index is 0.0136. The van der Waals surface area contributed by atoms with Crippen molar-refractivity contribution >= 4 is 11.9 Å². The molecule has 5 nitrogen and oxygen atoms in total. The van der Waals surface area contributed by atoms with E-state index in [0.29, 0.717) is 0 Å². The van der Waals surface area contributed by atoms with Crippen molar-refractivity contribution in [2.24, 2.45) is 5.92 Å². The number of hydrogen-bond donors (Lipinski definition) is 2. The SMILES string of the molecule is CC(C(=O)O)C(NC(=O)COC1CCCC1)c1ccccc1. The fourth-order valence-electron chi connectivity index (χ4n) is 2.76. The Bertz CT molecular complexity index is 497. The maximum Gasteiger partial charge on any atom is 0.308 e. The highest BCUT2D eigenvalue weighted by Crippen LogP contribution is 2.23. The Morgan fingerprint density at radius 2 is 1.91 bits per heavy atom. The third kappa shape index (κ3) is 4.56. The minimum Gasteiger partial charge on any atom is -0.481 e. The number of carbonyl (C=O) groups is 2. The van der Waals surface area contributed by atoms with Crippen LogP contribution in [0, 0.1) is 5.92 Å². The van der Waals surface area contributed by atoms with E-state index >= 15 is 0 Å². The molecule has 2 rings (SSSR count). The number of ether oxygens (including phenoxy) is 1. The van der Waals surface area contributed by atoms with E-state index in [1.165, 1.54) is 0 Å². The molecule has 1 fully saturated rings. The summed E-state index contributed by atoms with van der Waals surface area (Å²) in [6.45, 7) is 1.58. The Labute approximate surface area is 130 Å². The second-order valence-corrected chi connectivity index (χ2v) is 5.80. The Morgan fingerprint density at radius 1 is 1.27 bits per heavy atom. The van der Waals surface area contributed by atoms with Gasteiger partial charge in [-0.25, -0.2) is 0 Å². The standard InChI is InChI=1S/C17H23NO4/c1-12(17(20)21)16(13-7-3-2-4-8-13)18-15(19)11-22-14-9-5-6-10-14/h2-4,7-8,12,14,16H,5-6,9-11H2,1H3,(H,18,19)(H,20,21). The first kappa shape index (κ1) is 16.5. The van der Waals surface area contributed by atoms with Crippen molar-refractivity contribution in [2.45, 2.75) is 44.8 Å². The number of carbonyl (C=O) groups excluding carboxylic acids is 1. The highest BCUT2D eigenvalue weighted by molar-refractivity contribution is 5.79. The number of aliphatic carboxylic acids is 1. The molecule has 22 heavy (non-hydrogen) atoms. The fourth-order valence-corrected chi connectivity index (χ4v) is 2.76. The molecule has 0 saturated heterocycles. The molecule has 2 unspecified atom stereocenters. The van der Waals surface area contributed by atoms with Crippen molar-refractivity contribution in [1.82, 2.24) is 5.32 Å². The van der Waals surface area contributed by atoms with Gasteiger partial charge in [0, 0.05) is 0 Å². The molecule has 0 radical (unpaired) electrons. The lowest BCUT2D eigenvalue weighted by molar-refractivity contribution is -0.142. The first-order valence-electron chi connectivity index (χ1n) is 7.76. The number of rotatable bonds is 7. The molecule has 0 spiro atoms. The predicted octanol–water partition coefficient (Wildman–Crippen LogP) is 2.52. The van der Waals surface area contributed by atoms with Gasteiger partial charge in [-0.2, -0.15) is 0 Å². The fraction of sp³-hybridized carbons (Fsp3) is 0.529. The summed E-state index contributed by atoms with van der Waals surface area (Å²) in [5.74, 6) is -1.92. The summed E-state index contributed by atoms with van der Waals surface area (Å²) in [4.78, 5) is 23.4. The lowest BCUT2D eigenvalue weighted by Crippen LogP contribution is -2.38. The molecule has 1 saturated carbocycles. The van der Waals surface area contributed by atoms with Gasteiger partial charge in [-0.1, -0.05) is 43.2 Å². The molecule has 1 amide bonds. The number of carboxylic acids is 1. The van der Waals surface area contributed by atoms with Crippen LogP contribution < -0.4 is 5.32 Å². The summed E-state index contributed by atoms with van der Waals surface area (Å²) in [6, 6.07) is 8.61. The first-order chi connectivity index (χ1) is 10.6. The van der Waals surface area contributed by atoms with E-state index in [4.69, 9.17) is 4.74 Å². The number of hydrogen-bond acceptors (Lipinski definition) is 3. The lowest BCUT2D eigenvalue weighted by Gasteiger charge is -2.23. The average molecular weight is 305 g/mol. The molecule has 0 bridgehead atoms. The molecule has 0 aromatic heterocycles.